The number of likely N-dealkylation sites (tertiary alicyclic amines) is 1. The van der Waals surface area contributed by atoms with Gasteiger partial charge in [-0.05, 0) is 62.7 Å². The van der Waals surface area contributed by atoms with Crippen molar-refractivity contribution in [1.29, 1.82) is 0 Å². The van der Waals surface area contributed by atoms with E-state index in [-0.39, 0.29) is 24.0 Å². The minimum absolute atomic E-state index is 0. The van der Waals surface area contributed by atoms with Gasteiger partial charge in [0.2, 0.25) is 0 Å². The second kappa shape index (κ2) is 10.8. The Morgan fingerprint density at radius 1 is 1.21 bits per heavy atom. The van der Waals surface area contributed by atoms with Crippen LogP contribution in [0.3, 0.4) is 0 Å². The average molecular weight is 524 g/mol. The molecule has 0 radical (unpaired) electrons. The molecule has 8 heteroatoms. The summed E-state index contributed by atoms with van der Waals surface area (Å²) in [5.41, 5.74) is 2.73. The van der Waals surface area contributed by atoms with Crippen molar-refractivity contribution in [3.05, 3.63) is 35.4 Å². The summed E-state index contributed by atoms with van der Waals surface area (Å²) >= 11 is 0. The summed E-state index contributed by atoms with van der Waals surface area (Å²) in [4.78, 5) is 5.83. The average Bonchev–Trinajstić information content (AvgIpc) is 3.40. The fraction of sp³-hybridized carbons (Fsp3) is 0.667. The van der Waals surface area contributed by atoms with E-state index in [9.17, 15) is 13.2 Å². The minimum Gasteiger partial charge on any atom is -0.356 e. The van der Waals surface area contributed by atoms with Crippen molar-refractivity contribution < 1.29 is 13.2 Å². The summed E-state index contributed by atoms with van der Waals surface area (Å²) in [6.07, 6.45) is -0.343. The lowest BCUT2D eigenvalue weighted by Crippen LogP contribution is -2.42. The van der Waals surface area contributed by atoms with Gasteiger partial charge in [-0.25, -0.2) is 0 Å². The Labute approximate surface area is 188 Å². The Bertz CT molecular complexity index is 672. The van der Waals surface area contributed by atoms with Crippen LogP contribution < -0.4 is 10.6 Å². The molecule has 29 heavy (non-hydrogen) atoms. The molecule has 1 heterocycles. The van der Waals surface area contributed by atoms with E-state index in [1.165, 1.54) is 16.0 Å². The third kappa shape index (κ3) is 7.62. The number of hydrogen-bond acceptors (Lipinski definition) is 2. The third-order valence-corrected chi connectivity index (χ3v) is 5.88. The van der Waals surface area contributed by atoms with E-state index in [2.05, 4.69) is 46.8 Å². The molecule has 0 spiro atoms. The number of rotatable bonds is 6. The molecule has 2 atom stereocenters. The zero-order valence-electron chi connectivity index (χ0n) is 17.1. The Hall–Kier alpha value is -1.03. The highest BCUT2D eigenvalue weighted by atomic mass is 127. The number of aryl methyl sites for hydroxylation is 1. The van der Waals surface area contributed by atoms with Crippen molar-refractivity contribution in [1.82, 2.24) is 15.5 Å². The van der Waals surface area contributed by atoms with Gasteiger partial charge >= 0.3 is 6.18 Å². The normalized spacial score (nSPS) is 23.4. The SMILES string of the molecule is CN=C(NCCC1CCN(CC(F)(F)F)CC1)NC1CC1c1ccccc1C.I. The predicted octanol–water partition coefficient (Wildman–Crippen LogP) is 4.30. The third-order valence-electron chi connectivity index (χ3n) is 5.88. The first-order valence-corrected chi connectivity index (χ1v) is 10.2. The molecule has 1 aliphatic carbocycles. The minimum atomic E-state index is -4.09. The number of hydrogen-bond donors (Lipinski definition) is 2. The molecule has 2 fully saturated rings. The van der Waals surface area contributed by atoms with Crippen molar-refractivity contribution in [2.75, 3.05) is 33.2 Å². The maximum Gasteiger partial charge on any atom is 0.401 e. The fourth-order valence-electron chi connectivity index (χ4n) is 4.15. The lowest BCUT2D eigenvalue weighted by atomic mass is 9.93. The van der Waals surface area contributed by atoms with Crippen LogP contribution in [0.15, 0.2) is 29.3 Å². The molecule has 1 saturated carbocycles. The molecule has 0 amide bonds. The highest BCUT2D eigenvalue weighted by molar-refractivity contribution is 14.0. The maximum atomic E-state index is 12.5. The highest BCUT2D eigenvalue weighted by Crippen LogP contribution is 2.42. The van der Waals surface area contributed by atoms with Crippen molar-refractivity contribution in [2.45, 2.75) is 50.7 Å². The van der Waals surface area contributed by atoms with Crippen LogP contribution in [0, 0.1) is 12.8 Å². The Morgan fingerprint density at radius 3 is 2.52 bits per heavy atom. The molecule has 4 nitrogen and oxygen atoms in total. The zero-order valence-corrected chi connectivity index (χ0v) is 19.5. The van der Waals surface area contributed by atoms with Crippen LogP contribution in [0.2, 0.25) is 0 Å². The van der Waals surface area contributed by atoms with Crippen LogP contribution in [0.25, 0.3) is 0 Å². The second-order valence-corrected chi connectivity index (χ2v) is 8.07. The second-order valence-electron chi connectivity index (χ2n) is 8.07. The Morgan fingerprint density at radius 2 is 1.90 bits per heavy atom. The molecule has 0 aromatic heterocycles. The van der Waals surface area contributed by atoms with Crippen LogP contribution in [0.5, 0.6) is 0 Å². The summed E-state index contributed by atoms with van der Waals surface area (Å²) in [7, 11) is 1.77. The molecule has 2 N–H and O–H groups in total. The summed E-state index contributed by atoms with van der Waals surface area (Å²) in [6, 6.07) is 8.92. The molecule has 2 unspecified atom stereocenters. The quantitative estimate of drug-likeness (QED) is 0.332. The molecule has 2 aliphatic rings. The lowest BCUT2D eigenvalue weighted by Gasteiger charge is -2.32. The molecular formula is C21H32F3IN4. The number of benzene rings is 1. The first-order valence-electron chi connectivity index (χ1n) is 10.2. The highest BCUT2D eigenvalue weighted by Gasteiger charge is 2.39. The number of halogens is 4. The van der Waals surface area contributed by atoms with E-state index >= 15 is 0 Å². The van der Waals surface area contributed by atoms with Gasteiger partial charge in [0.25, 0.3) is 0 Å². The van der Waals surface area contributed by atoms with Gasteiger partial charge in [-0.2, -0.15) is 13.2 Å². The van der Waals surface area contributed by atoms with Crippen LogP contribution in [-0.2, 0) is 0 Å². The monoisotopic (exact) mass is 524 g/mol. The van der Waals surface area contributed by atoms with Crippen molar-refractivity contribution in [2.24, 2.45) is 10.9 Å². The Balaban J connectivity index is 0.00000300. The molecule has 1 aromatic carbocycles. The van der Waals surface area contributed by atoms with E-state index < -0.39 is 12.7 Å². The largest absolute Gasteiger partial charge is 0.401 e. The van der Waals surface area contributed by atoms with Crippen molar-refractivity contribution >= 4 is 29.9 Å². The van der Waals surface area contributed by atoms with Gasteiger partial charge in [0.05, 0.1) is 6.54 Å². The van der Waals surface area contributed by atoms with Gasteiger partial charge in [-0.1, -0.05) is 24.3 Å². The van der Waals surface area contributed by atoms with Gasteiger partial charge in [0, 0.05) is 25.6 Å². The van der Waals surface area contributed by atoms with Crippen molar-refractivity contribution in [3.63, 3.8) is 0 Å². The topological polar surface area (TPSA) is 39.7 Å². The standard InChI is InChI=1S/C21H31F3N4.HI/c1-15-5-3-4-6-17(15)18-13-19(18)27-20(25-2)26-10-7-16-8-11-28(12-9-16)14-21(22,23)24;/h3-6,16,18-19H,7-14H2,1-2H3,(H2,25,26,27);1H. The molecule has 1 saturated heterocycles. The molecule has 1 aromatic rings. The molecule has 1 aliphatic heterocycles. The van der Waals surface area contributed by atoms with Crippen LogP contribution in [0.4, 0.5) is 13.2 Å². The van der Waals surface area contributed by atoms with E-state index in [0.29, 0.717) is 31.0 Å². The van der Waals surface area contributed by atoms with Gasteiger partial charge in [0.1, 0.15) is 0 Å². The van der Waals surface area contributed by atoms with Gasteiger partial charge in [-0.15, -0.1) is 24.0 Å². The molecular weight excluding hydrogens is 492 g/mol. The zero-order chi connectivity index (χ0) is 20.1. The Kier molecular flexibility index (Phi) is 9.06. The first-order chi connectivity index (χ1) is 13.4. The number of nitrogens with one attached hydrogen (secondary N) is 2. The number of alkyl halides is 3. The van der Waals surface area contributed by atoms with Crippen LogP contribution in [-0.4, -0.2) is 56.3 Å². The number of piperidine rings is 1. The number of guanidine groups is 1. The maximum absolute atomic E-state index is 12.5. The molecule has 164 valence electrons. The molecule has 3 rings (SSSR count). The van der Waals surface area contributed by atoms with E-state index in [1.807, 2.05) is 0 Å². The predicted molar refractivity (Wildman–Crippen MR) is 122 cm³/mol. The van der Waals surface area contributed by atoms with E-state index in [0.717, 1.165) is 38.2 Å². The summed E-state index contributed by atoms with van der Waals surface area (Å²) in [5.74, 6) is 1.84. The fourth-order valence-corrected chi connectivity index (χ4v) is 4.15. The summed E-state index contributed by atoms with van der Waals surface area (Å²) in [6.45, 7) is 3.25. The van der Waals surface area contributed by atoms with Crippen molar-refractivity contribution in [3.8, 4) is 0 Å². The lowest BCUT2D eigenvalue weighted by molar-refractivity contribution is -0.148. The van der Waals surface area contributed by atoms with E-state index in [4.69, 9.17) is 0 Å². The van der Waals surface area contributed by atoms with Gasteiger partial charge in [0.15, 0.2) is 5.96 Å². The van der Waals surface area contributed by atoms with E-state index in [1.54, 1.807) is 7.05 Å². The number of aliphatic imine (C=N–C) groups is 1. The summed E-state index contributed by atoms with van der Waals surface area (Å²) in [5, 5.41) is 6.86. The van der Waals surface area contributed by atoms with Crippen LogP contribution in [0.1, 0.15) is 42.7 Å². The first kappa shape index (κ1) is 24.2. The smallest absolute Gasteiger partial charge is 0.356 e. The van der Waals surface area contributed by atoms with Gasteiger partial charge in [-0.3, -0.25) is 9.89 Å². The van der Waals surface area contributed by atoms with Gasteiger partial charge < -0.3 is 10.6 Å². The molecule has 0 bridgehead atoms. The number of nitrogens with zero attached hydrogens (tertiary/aromatic N) is 2. The summed E-state index contributed by atoms with van der Waals surface area (Å²) < 4.78 is 37.4. The van der Waals surface area contributed by atoms with Crippen LogP contribution >= 0.6 is 24.0 Å².